The van der Waals surface area contributed by atoms with Gasteiger partial charge in [-0.2, -0.15) is 13.2 Å². The molecular weight excluding hydrogens is 381 g/mol. The van der Waals surface area contributed by atoms with E-state index in [0.29, 0.717) is 18.8 Å². The van der Waals surface area contributed by atoms with E-state index < -0.39 is 11.7 Å². The zero-order chi connectivity index (χ0) is 21.2. The first kappa shape index (κ1) is 21.0. The number of hydrogen-bond acceptors (Lipinski definition) is 3. The summed E-state index contributed by atoms with van der Waals surface area (Å²) in [6, 6.07) is 9.73. The summed E-state index contributed by atoms with van der Waals surface area (Å²) in [6.45, 7) is 7.57. The van der Waals surface area contributed by atoms with Crippen LogP contribution in [0.5, 0.6) is 0 Å². The highest BCUT2D eigenvalue weighted by molar-refractivity contribution is 5.89. The fourth-order valence-electron chi connectivity index (χ4n) is 3.25. The van der Waals surface area contributed by atoms with Crippen molar-refractivity contribution < 1.29 is 18.0 Å². The molecule has 1 aliphatic heterocycles. The summed E-state index contributed by atoms with van der Waals surface area (Å²) in [4.78, 5) is 19.6. The lowest BCUT2D eigenvalue weighted by atomic mass is 9.87. The molecule has 0 aliphatic carbocycles. The second-order valence-electron chi connectivity index (χ2n) is 8.10. The van der Waals surface area contributed by atoms with Crippen LogP contribution in [0.15, 0.2) is 42.6 Å². The van der Waals surface area contributed by atoms with Crippen LogP contribution in [-0.4, -0.2) is 42.1 Å². The summed E-state index contributed by atoms with van der Waals surface area (Å²) in [7, 11) is 0. The van der Waals surface area contributed by atoms with Crippen LogP contribution in [0.4, 0.5) is 29.5 Å². The number of halogens is 3. The molecule has 2 aromatic rings. The molecule has 1 saturated heterocycles. The van der Waals surface area contributed by atoms with E-state index in [1.165, 1.54) is 17.8 Å². The maximum atomic E-state index is 13.2. The Morgan fingerprint density at radius 1 is 1.00 bits per heavy atom. The van der Waals surface area contributed by atoms with Crippen molar-refractivity contribution >= 4 is 17.5 Å². The van der Waals surface area contributed by atoms with Crippen LogP contribution in [-0.2, 0) is 11.6 Å². The molecule has 156 valence electrons. The molecule has 0 bridgehead atoms. The SMILES string of the molecule is CC(C)(C)c1ccc(NC(=O)N2CCN(c3ncccc3C(F)(F)F)CC2)cc1. The lowest BCUT2D eigenvalue weighted by Crippen LogP contribution is -2.50. The molecule has 5 nitrogen and oxygen atoms in total. The van der Waals surface area contributed by atoms with E-state index in [-0.39, 0.29) is 30.4 Å². The van der Waals surface area contributed by atoms with E-state index in [4.69, 9.17) is 0 Å². The molecule has 1 aliphatic rings. The summed E-state index contributed by atoms with van der Waals surface area (Å²) in [5, 5.41) is 2.85. The Balaban J connectivity index is 1.61. The van der Waals surface area contributed by atoms with Gasteiger partial charge in [0.25, 0.3) is 0 Å². The largest absolute Gasteiger partial charge is 0.419 e. The van der Waals surface area contributed by atoms with Gasteiger partial charge in [0, 0.05) is 38.1 Å². The van der Waals surface area contributed by atoms with E-state index in [1.54, 1.807) is 9.80 Å². The molecule has 1 fully saturated rings. The second-order valence-corrected chi connectivity index (χ2v) is 8.10. The van der Waals surface area contributed by atoms with E-state index in [1.807, 2.05) is 24.3 Å². The number of alkyl halides is 3. The topological polar surface area (TPSA) is 48.5 Å². The number of piperazine rings is 1. The Morgan fingerprint density at radius 3 is 2.17 bits per heavy atom. The molecule has 3 rings (SSSR count). The van der Waals surface area contributed by atoms with Crippen molar-refractivity contribution in [1.82, 2.24) is 9.88 Å². The minimum Gasteiger partial charge on any atom is -0.353 e. The van der Waals surface area contributed by atoms with Gasteiger partial charge in [0.15, 0.2) is 0 Å². The molecule has 0 unspecified atom stereocenters. The number of nitrogens with zero attached hydrogens (tertiary/aromatic N) is 3. The molecule has 1 aromatic heterocycles. The van der Waals surface area contributed by atoms with Gasteiger partial charge in [0.1, 0.15) is 5.82 Å². The quantitative estimate of drug-likeness (QED) is 0.783. The third kappa shape index (κ3) is 4.99. The third-order valence-corrected chi connectivity index (χ3v) is 4.96. The first-order valence-electron chi connectivity index (χ1n) is 9.49. The fourth-order valence-corrected chi connectivity index (χ4v) is 3.25. The first-order valence-corrected chi connectivity index (χ1v) is 9.49. The van der Waals surface area contributed by atoms with E-state index in [0.717, 1.165) is 6.07 Å². The van der Waals surface area contributed by atoms with Gasteiger partial charge in [-0.05, 0) is 35.2 Å². The zero-order valence-corrected chi connectivity index (χ0v) is 16.8. The van der Waals surface area contributed by atoms with Gasteiger partial charge < -0.3 is 15.1 Å². The summed E-state index contributed by atoms with van der Waals surface area (Å²) < 4.78 is 39.6. The Morgan fingerprint density at radius 2 is 1.62 bits per heavy atom. The highest BCUT2D eigenvalue weighted by Crippen LogP contribution is 2.35. The van der Waals surface area contributed by atoms with E-state index in [9.17, 15) is 18.0 Å². The summed E-state index contributed by atoms with van der Waals surface area (Å²) >= 11 is 0. The van der Waals surface area contributed by atoms with Crippen molar-refractivity contribution in [3.8, 4) is 0 Å². The number of rotatable bonds is 2. The molecule has 0 saturated carbocycles. The van der Waals surface area contributed by atoms with Crippen LogP contribution in [0, 0.1) is 0 Å². The lowest BCUT2D eigenvalue weighted by molar-refractivity contribution is -0.137. The Labute approximate surface area is 168 Å². The van der Waals surface area contributed by atoms with Gasteiger partial charge in [-0.3, -0.25) is 0 Å². The number of anilines is 2. The zero-order valence-electron chi connectivity index (χ0n) is 16.8. The van der Waals surface area contributed by atoms with E-state index in [2.05, 4.69) is 31.1 Å². The number of nitrogens with one attached hydrogen (secondary N) is 1. The van der Waals surface area contributed by atoms with Crippen molar-refractivity contribution in [3.05, 3.63) is 53.7 Å². The molecule has 0 radical (unpaired) electrons. The Bertz CT molecular complexity index is 851. The standard InChI is InChI=1S/C21H25F3N4O/c1-20(2,3)15-6-8-16(9-7-15)26-19(29)28-13-11-27(12-14-28)18-17(21(22,23)24)5-4-10-25-18/h4-10H,11-14H2,1-3H3,(H,26,29). The number of amides is 2. The second kappa shape index (κ2) is 7.93. The molecule has 2 heterocycles. The van der Waals surface area contributed by atoms with Gasteiger partial charge in [0.05, 0.1) is 5.56 Å². The smallest absolute Gasteiger partial charge is 0.353 e. The maximum Gasteiger partial charge on any atom is 0.419 e. The Kier molecular flexibility index (Phi) is 5.73. The van der Waals surface area contributed by atoms with Crippen molar-refractivity contribution in [2.45, 2.75) is 32.4 Å². The molecule has 8 heteroatoms. The minimum absolute atomic E-state index is 0.0274. The number of pyridine rings is 1. The predicted molar refractivity (Wildman–Crippen MR) is 107 cm³/mol. The normalized spacial score (nSPS) is 15.4. The van der Waals surface area contributed by atoms with Crippen molar-refractivity contribution in [2.24, 2.45) is 0 Å². The van der Waals surface area contributed by atoms with Crippen LogP contribution in [0.3, 0.4) is 0 Å². The van der Waals surface area contributed by atoms with Crippen LogP contribution in [0.2, 0.25) is 0 Å². The molecular formula is C21H25F3N4O. The van der Waals surface area contributed by atoms with Crippen molar-refractivity contribution in [2.75, 3.05) is 36.4 Å². The summed E-state index contributed by atoms with van der Waals surface area (Å²) in [5.74, 6) is -0.0853. The lowest BCUT2D eigenvalue weighted by Gasteiger charge is -2.36. The van der Waals surface area contributed by atoms with E-state index >= 15 is 0 Å². The number of urea groups is 1. The Hall–Kier alpha value is -2.77. The van der Waals surface area contributed by atoms with Crippen LogP contribution < -0.4 is 10.2 Å². The third-order valence-electron chi connectivity index (χ3n) is 4.96. The average Bonchev–Trinajstić information content (AvgIpc) is 2.67. The first-order chi connectivity index (χ1) is 13.6. The number of carbonyl (C=O) groups is 1. The van der Waals surface area contributed by atoms with Gasteiger partial charge in [-0.15, -0.1) is 0 Å². The molecule has 29 heavy (non-hydrogen) atoms. The number of hydrogen-bond donors (Lipinski definition) is 1. The van der Waals surface area contributed by atoms with Crippen LogP contribution in [0.1, 0.15) is 31.9 Å². The molecule has 1 aromatic carbocycles. The number of carbonyl (C=O) groups excluding carboxylic acids is 1. The van der Waals surface area contributed by atoms with Gasteiger partial charge in [0.2, 0.25) is 0 Å². The van der Waals surface area contributed by atoms with Gasteiger partial charge in [-0.1, -0.05) is 32.9 Å². The van der Waals surface area contributed by atoms with Crippen molar-refractivity contribution in [1.29, 1.82) is 0 Å². The monoisotopic (exact) mass is 406 g/mol. The predicted octanol–water partition coefficient (Wildman–Crippen LogP) is 4.75. The molecule has 0 spiro atoms. The number of aromatic nitrogens is 1. The minimum atomic E-state index is -4.46. The van der Waals surface area contributed by atoms with Gasteiger partial charge >= 0.3 is 12.2 Å². The average molecular weight is 406 g/mol. The summed E-state index contributed by atoms with van der Waals surface area (Å²) in [5.41, 5.74) is 1.13. The maximum absolute atomic E-state index is 13.2. The highest BCUT2D eigenvalue weighted by Gasteiger charge is 2.36. The highest BCUT2D eigenvalue weighted by atomic mass is 19.4. The number of benzene rings is 1. The van der Waals surface area contributed by atoms with Crippen molar-refractivity contribution in [3.63, 3.8) is 0 Å². The van der Waals surface area contributed by atoms with Crippen LogP contribution in [0.25, 0.3) is 0 Å². The molecule has 1 N–H and O–H groups in total. The van der Waals surface area contributed by atoms with Crippen LogP contribution >= 0.6 is 0 Å². The molecule has 0 atom stereocenters. The van der Waals surface area contributed by atoms with Gasteiger partial charge in [-0.25, -0.2) is 9.78 Å². The molecule has 2 amide bonds. The summed E-state index contributed by atoms with van der Waals surface area (Å²) in [6.07, 6.45) is -3.11. The fraction of sp³-hybridized carbons (Fsp3) is 0.429.